The summed E-state index contributed by atoms with van der Waals surface area (Å²) in [6, 6.07) is 12.4. The standard InChI is InChI=1S/C19H17N3O6/c23-18(22-21-8-12-5-6-14-16(7-12)27-11-26-14)9-20-19(24)17-10-25-13-3-1-2-4-15(13)28-17/h1-8,17H,9-11H2,(H,20,24)(H,22,23)/t17-/m1/s1. The second-order valence-electron chi connectivity index (χ2n) is 5.99. The third-order valence-electron chi connectivity index (χ3n) is 4.02. The molecule has 0 aliphatic carbocycles. The molecule has 0 unspecified atom stereocenters. The Hall–Kier alpha value is -3.75. The highest BCUT2D eigenvalue weighted by Crippen LogP contribution is 2.32. The number of hydrogen-bond acceptors (Lipinski definition) is 7. The first kappa shape index (κ1) is 17.7. The highest BCUT2D eigenvalue weighted by atomic mass is 16.7. The van der Waals surface area contributed by atoms with Gasteiger partial charge in [0.25, 0.3) is 11.8 Å². The maximum atomic E-state index is 12.2. The second-order valence-corrected chi connectivity index (χ2v) is 5.99. The Bertz CT molecular complexity index is 930. The van der Waals surface area contributed by atoms with E-state index in [2.05, 4.69) is 15.8 Å². The van der Waals surface area contributed by atoms with Crippen LogP contribution >= 0.6 is 0 Å². The van der Waals surface area contributed by atoms with Gasteiger partial charge in [-0.3, -0.25) is 9.59 Å². The van der Waals surface area contributed by atoms with Gasteiger partial charge >= 0.3 is 0 Å². The molecule has 0 fully saturated rings. The SMILES string of the molecule is O=C(CNC(=O)[C@H]1COc2ccccc2O1)NN=Cc1ccc2c(c1)OCO2. The van der Waals surface area contributed by atoms with Gasteiger partial charge in [-0.15, -0.1) is 0 Å². The molecule has 0 saturated heterocycles. The fourth-order valence-corrected chi connectivity index (χ4v) is 2.64. The van der Waals surface area contributed by atoms with Crippen LogP contribution < -0.4 is 29.7 Å². The van der Waals surface area contributed by atoms with Crippen molar-refractivity contribution in [2.45, 2.75) is 6.10 Å². The van der Waals surface area contributed by atoms with Crippen LogP contribution in [0, 0.1) is 0 Å². The Morgan fingerprint density at radius 2 is 1.82 bits per heavy atom. The van der Waals surface area contributed by atoms with Gasteiger partial charge < -0.3 is 24.3 Å². The van der Waals surface area contributed by atoms with E-state index in [0.29, 0.717) is 23.0 Å². The topological polar surface area (TPSA) is 107 Å². The van der Waals surface area contributed by atoms with E-state index in [4.69, 9.17) is 18.9 Å². The van der Waals surface area contributed by atoms with Crippen LogP contribution in [-0.4, -0.2) is 44.1 Å². The molecule has 144 valence electrons. The molecule has 4 rings (SSSR count). The smallest absolute Gasteiger partial charge is 0.265 e. The van der Waals surface area contributed by atoms with Gasteiger partial charge in [0.1, 0.15) is 6.61 Å². The molecular formula is C19H17N3O6. The average Bonchev–Trinajstić information content (AvgIpc) is 3.19. The van der Waals surface area contributed by atoms with E-state index in [9.17, 15) is 9.59 Å². The summed E-state index contributed by atoms with van der Waals surface area (Å²) in [5.74, 6) is 1.46. The monoisotopic (exact) mass is 383 g/mol. The van der Waals surface area contributed by atoms with E-state index in [0.717, 1.165) is 5.56 Å². The molecule has 0 radical (unpaired) electrons. The summed E-state index contributed by atoms with van der Waals surface area (Å²) >= 11 is 0. The van der Waals surface area contributed by atoms with Gasteiger partial charge in [0.2, 0.25) is 12.9 Å². The largest absolute Gasteiger partial charge is 0.485 e. The zero-order chi connectivity index (χ0) is 19.3. The number of benzene rings is 2. The summed E-state index contributed by atoms with van der Waals surface area (Å²) in [6.07, 6.45) is 0.649. The third kappa shape index (κ3) is 3.98. The number of ether oxygens (including phenoxy) is 4. The van der Waals surface area contributed by atoms with Crippen molar-refractivity contribution in [3.8, 4) is 23.0 Å². The first-order valence-electron chi connectivity index (χ1n) is 8.57. The van der Waals surface area contributed by atoms with E-state index >= 15 is 0 Å². The normalized spacial score (nSPS) is 16.6. The summed E-state index contributed by atoms with van der Waals surface area (Å²) in [5, 5.41) is 6.36. The average molecular weight is 383 g/mol. The van der Waals surface area contributed by atoms with E-state index in [1.807, 2.05) is 6.07 Å². The zero-order valence-corrected chi connectivity index (χ0v) is 14.7. The fourth-order valence-electron chi connectivity index (χ4n) is 2.64. The number of amides is 2. The summed E-state index contributed by atoms with van der Waals surface area (Å²) in [6.45, 7) is 0.0270. The van der Waals surface area contributed by atoms with E-state index < -0.39 is 17.9 Å². The molecule has 2 aliphatic rings. The van der Waals surface area contributed by atoms with Crippen LogP contribution in [0.4, 0.5) is 0 Å². The van der Waals surface area contributed by atoms with Gasteiger partial charge in [0.05, 0.1) is 12.8 Å². The van der Waals surface area contributed by atoms with E-state index in [1.165, 1.54) is 6.21 Å². The van der Waals surface area contributed by atoms with Crippen LogP contribution in [0.1, 0.15) is 5.56 Å². The number of hydrazone groups is 1. The van der Waals surface area contributed by atoms with Crippen molar-refractivity contribution < 1.29 is 28.5 Å². The highest BCUT2D eigenvalue weighted by molar-refractivity contribution is 5.88. The minimum Gasteiger partial charge on any atom is -0.485 e. The summed E-state index contributed by atoms with van der Waals surface area (Å²) < 4.78 is 21.6. The van der Waals surface area contributed by atoms with Crippen molar-refractivity contribution in [1.29, 1.82) is 0 Å². The molecule has 0 saturated carbocycles. The number of nitrogens with zero attached hydrogens (tertiary/aromatic N) is 1. The molecule has 9 heteroatoms. The van der Waals surface area contributed by atoms with Crippen LogP contribution in [0.25, 0.3) is 0 Å². The van der Waals surface area contributed by atoms with E-state index in [1.54, 1.807) is 36.4 Å². The number of nitrogens with one attached hydrogen (secondary N) is 2. The lowest BCUT2D eigenvalue weighted by atomic mass is 10.2. The first-order chi connectivity index (χ1) is 13.7. The molecule has 28 heavy (non-hydrogen) atoms. The van der Waals surface area contributed by atoms with Crippen molar-refractivity contribution in [1.82, 2.24) is 10.7 Å². The number of carbonyl (C=O) groups excluding carboxylic acids is 2. The Kier molecular flexibility index (Phi) is 4.96. The lowest BCUT2D eigenvalue weighted by molar-refractivity contribution is -0.132. The molecule has 2 heterocycles. The molecule has 2 amide bonds. The molecule has 1 atom stereocenters. The van der Waals surface area contributed by atoms with Gasteiger partial charge in [0, 0.05) is 0 Å². The van der Waals surface area contributed by atoms with Crippen LogP contribution in [0.15, 0.2) is 47.6 Å². The van der Waals surface area contributed by atoms with Gasteiger partial charge in [-0.1, -0.05) is 12.1 Å². The maximum absolute atomic E-state index is 12.2. The Morgan fingerprint density at radius 3 is 2.71 bits per heavy atom. The maximum Gasteiger partial charge on any atom is 0.265 e. The highest BCUT2D eigenvalue weighted by Gasteiger charge is 2.27. The van der Waals surface area contributed by atoms with Crippen LogP contribution in [0.5, 0.6) is 23.0 Å². The molecule has 0 bridgehead atoms. The van der Waals surface area contributed by atoms with Crippen molar-refractivity contribution in [2.24, 2.45) is 5.10 Å². The summed E-state index contributed by atoms with van der Waals surface area (Å²) in [7, 11) is 0. The zero-order valence-electron chi connectivity index (χ0n) is 14.7. The lowest BCUT2D eigenvalue weighted by Crippen LogP contribution is -2.46. The fraction of sp³-hybridized carbons (Fsp3) is 0.211. The van der Waals surface area contributed by atoms with Crippen molar-refractivity contribution in [3.05, 3.63) is 48.0 Å². The number of hydrogen-bond donors (Lipinski definition) is 2. The van der Waals surface area contributed by atoms with Crippen molar-refractivity contribution >= 4 is 18.0 Å². The predicted molar refractivity (Wildman–Crippen MR) is 97.7 cm³/mol. The van der Waals surface area contributed by atoms with Crippen molar-refractivity contribution in [2.75, 3.05) is 19.9 Å². The number of rotatable bonds is 5. The molecule has 9 nitrogen and oxygen atoms in total. The van der Waals surface area contributed by atoms with Crippen LogP contribution in [0.2, 0.25) is 0 Å². The molecule has 0 aromatic heterocycles. The third-order valence-corrected chi connectivity index (χ3v) is 4.02. The molecule has 2 N–H and O–H groups in total. The van der Waals surface area contributed by atoms with E-state index in [-0.39, 0.29) is 19.9 Å². The molecule has 2 aromatic carbocycles. The first-order valence-corrected chi connectivity index (χ1v) is 8.57. The minimum atomic E-state index is -0.820. The molecule has 2 aromatic rings. The van der Waals surface area contributed by atoms with Gasteiger partial charge in [-0.05, 0) is 35.9 Å². The number of fused-ring (bicyclic) bond motifs is 2. The minimum absolute atomic E-state index is 0.0761. The quantitative estimate of drug-likeness (QED) is 0.585. The Balaban J connectivity index is 1.23. The van der Waals surface area contributed by atoms with Gasteiger partial charge in [-0.25, -0.2) is 5.43 Å². The summed E-state index contributed by atoms with van der Waals surface area (Å²) in [5.41, 5.74) is 3.08. The predicted octanol–water partition coefficient (Wildman–Crippen LogP) is 0.822. The van der Waals surface area contributed by atoms with Crippen LogP contribution in [0.3, 0.4) is 0 Å². The second kappa shape index (κ2) is 7.87. The molecular weight excluding hydrogens is 366 g/mol. The Morgan fingerprint density at radius 1 is 1.04 bits per heavy atom. The molecule has 2 aliphatic heterocycles. The van der Waals surface area contributed by atoms with Crippen molar-refractivity contribution in [3.63, 3.8) is 0 Å². The summed E-state index contributed by atoms with van der Waals surface area (Å²) in [4.78, 5) is 24.0. The van der Waals surface area contributed by atoms with Gasteiger partial charge in [0.15, 0.2) is 23.0 Å². The van der Waals surface area contributed by atoms with Gasteiger partial charge in [-0.2, -0.15) is 5.10 Å². The van der Waals surface area contributed by atoms with Crippen LogP contribution in [-0.2, 0) is 9.59 Å². The Labute approximate surface area is 160 Å². The number of carbonyl (C=O) groups is 2. The lowest BCUT2D eigenvalue weighted by Gasteiger charge is -2.25. The molecule has 0 spiro atoms. The number of para-hydroxylation sites is 2.